The fourth-order valence-electron chi connectivity index (χ4n) is 3.51. The van der Waals surface area contributed by atoms with E-state index < -0.39 is 0 Å². The minimum Gasteiger partial charge on any atom is -0.369 e. The van der Waals surface area contributed by atoms with E-state index >= 15 is 0 Å². The van der Waals surface area contributed by atoms with Gasteiger partial charge >= 0.3 is 0 Å². The number of aryl methyl sites for hydroxylation is 2. The zero-order valence-corrected chi connectivity index (χ0v) is 11.3. The third-order valence-corrected chi connectivity index (χ3v) is 4.56. The predicted octanol–water partition coefficient (Wildman–Crippen LogP) is 2.46. The number of hydrogen-bond donors (Lipinski definition) is 2. The molecule has 4 rings (SSSR count). The maximum atomic E-state index is 3.62. The van der Waals surface area contributed by atoms with Crippen LogP contribution in [0.15, 0.2) is 18.2 Å². The summed E-state index contributed by atoms with van der Waals surface area (Å²) in [5.41, 5.74) is 5.78. The van der Waals surface area contributed by atoms with E-state index in [2.05, 4.69) is 33.4 Å². The molecular formula is C16H21N3. The highest BCUT2D eigenvalue weighted by molar-refractivity contribution is 5.88. The average Bonchev–Trinajstić information content (AvgIpc) is 2.86. The molecule has 2 N–H and O–H groups in total. The van der Waals surface area contributed by atoms with E-state index in [-0.39, 0.29) is 0 Å². The van der Waals surface area contributed by atoms with Crippen molar-refractivity contribution in [1.29, 1.82) is 0 Å². The fourth-order valence-corrected chi connectivity index (χ4v) is 3.51. The smallest absolute Gasteiger partial charge is 0.0460 e. The highest BCUT2D eigenvalue weighted by atomic mass is 15.2. The summed E-state index contributed by atoms with van der Waals surface area (Å²) >= 11 is 0. The number of anilines is 1. The van der Waals surface area contributed by atoms with Gasteiger partial charge in [-0.15, -0.1) is 0 Å². The number of nitrogens with one attached hydrogen (secondary N) is 2. The van der Waals surface area contributed by atoms with Crippen molar-refractivity contribution in [1.82, 2.24) is 10.3 Å². The van der Waals surface area contributed by atoms with Gasteiger partial charge in [-0.2, -0.15) is 0 Å². The van der Waals surface area contributed by atoms with E-state index in [0.29, 0.717) is 0 Å². The van der Waals surface area contributed by atoms with Gasteiger partial charge in [0.1, 0.15) is 0 Å². The molecule has 19 heavy (non-hydrogen) atoms. The minimum absolute atomic E-state index is 1.10. The van der Waals surface area contributed by atoms with Crippen molar-refractivity contribution < 1.29 is 0 Å². The summed E-state index contributed by atoms with van der Waals surface area (Å²) in [6.07, 6.45) is 5.16. The first-order chi connectivity index (χ1) is 9.42. The maximum Gasteiger partial charge on any atom is 0.0460 e. The van der Waals surface area contributed by atoms with E-state index in [0.717, 1.165) is 26.2 Å². The molecule has 0 amide bonds. The molecule has 3 nitrogen and oxygen atoms in total. The van der Waals surface area contributed by atoms with E-state index in [1.807, 2.05) is 0 Å². The van der Waals surface area contributed by atoms with Gasteiger partial charge in [0.15, 0.2) is 0 Å². The Bertz CT molecular complexity index is 593. The Morgan fingerprint density at radius 3 is 2.74 bits per heavy atom. The number of benzene rings is 1. The van der Waals surface area contributed by atoms with Crippen molar-refractivity contribution in [3.63, 3.8) is 0 Å². The van der Waals surface area contributed by atoms with Crippen molar-refractivity contribution >= 4 is 16.6 Å². The van der Waals surface area contributed by atoms with Gasteiger partial charge in [0.25, 0.3) is 0 Å². The van der Waals surface area contributed by atoms with Crippen LogP contribution in [0.25, 0.3) is 10.9 Å². The Balaban J connectivity index is 1.77. The van der Waals surface area contributed by atoms with E-state index in [9.17, 15) is 0 Å². The van der Waals surface area contributed by atoms with Crippen LogP contribution >= 0.6 is 0 Å². The average molecular weight is 255 g/mol. The predicted molar refractivity (Wildman–Crippen MR) is 80.0 cm³/mol. The molecule has 1 aliphatic carbocycles. The molecule has 2 aliphatic rings. The van der Waals surface area contributed by atoms with E-state index in [4.69, 9.17) is 0 Å². The lowest BCUT2D eigenvalue weighted by molar-refractivity contribution is 0.589. The van der Waals surface area contributed by atoms with Gasteiger partial charge in [0.2, 0.25) is 0 Å². The highest BCUT2D eigenvalue weighted by Gasteiger charge is 2.17. The van der Waals surface area contributed by atoms with Crippen molar-refractivity contribution in [2.75, 3.05) is 31.1 Å². The van der Waals surface area contributed by atoms with Crippen LogP contribution in [-0.4, -0.2) is 31.2 Å². The van der Waals surface area contributed by atoms with Crippen molar-refractivity contribution in [2.45, 2.75) is 25.7 Å². The summed E-state index contributed by atoms with van der Waals surface area (Å²) in [7, 11) is 0. The molecule has 1 aromatic heterocycles. The van der Waals surface area contributed by atoms with Gasteiger partial charge in [-0.25, -0.2) is 0 Å². The van der Waals surface area contributed by atoms with Crippen molar-refractivity contribution in [3.05, 3.63) is 29.5 Å². The number of aromatic amines is 1. The summed E-state index contributed by atoms with van der Waals surface area (Å²) in [6.45, 7) is 4.45. The molecule has 3 heteroatoms. The van der Waals surface area contributed by atoms with Gasteiger partial charge in [-0.05, 0) is 49.4 Å². The van der Waals surface area contributed by atoms with Crippen molar-refractivity contribution in [2.24, 2.45) is 0 Å². The summed E-state index contributed by atoms with van der Waals surface area (Å²) < 4.78 is 0. The second kappa shape index (κ2) is 4.57. The lowest BCUT2D eigenvalue weighted by Crippen LogP contribution is -2.43. The molecule has 0 bridgehead atoms. The van der Waals surface area contributed by atoms with Crippen LogP contribution < -0.4 is 10.2 Å². The SMILES string of the molecule is c1cc2[nH]c3c(c2cc1N1CCNCC1)CCCC3. The van der Waals surface area contributed by atoms with Crippen LogP contribution in [0.2, 0.25) is 0 Å². The van der Waals surface area contributed by atoms with Crippen LogP contribution in [-0.2, 0) is 12.8 Å². The van der Waals surface area contributed by atoms with Gasteiger partial charge in [0.05, 0.1) is 0 Å². The van der Waals surface area contributed by atoms with E-state index in [1.54, 1.807) is 5.56 Å². The maximum absolute atomic E-state index is 3.62. The largest absolute Gasteiger partial charge is 0.369 e. The summed E-state index contributed by atoms with van der Waals surface area (Å²) in [6, 6.07) is 6.95. The molecule has 0 saturated carbocycles. The van der Waals surface area contributed by atoms with Gasteiger partial charge in [-0.3, -0.25) is 0 Å². The normalized spacial score (nSPS) is 19.7. The first-order valence-electron chi connectivity index (χ1n) is 7.51. The molecule has 1 saturated heterocycles. The molecule has 0 radical (unpaired) electrons. The monoisotopic (exact) mass is 255 g/mol. The van der Waals surface area contributed by atoms with Crippen LogP contribution in [0.3, 0.4) is 0 Å². The first kappa shape index (κ1) is 11.4. The summed E-state index contributed by atoms with van der Waals surface area (Å²) in [4.78, 5) is 6.11. The van der Waals surface area contributed by atoms with Gasteiger partial charge in [-0.1, -0.05) is 0 Å². The zero-order valence-electron chi connectivity index (χ0n) is 11.3. The Morgan fingerprint density at radius 2 is 1.84 bits per heavy atom. The lowest BCUT2D eigenvalue weighted by atomic mass is 9.95. The third-order valence-electron chi connectivity index (χ3n) is 4.56. The number of hydrogen-bond acceptors (Lipinski definition) is 2. The molecule has 100 valence electrons. The zero-order chi connectivity index (χ0) is 12.7. The first-order valence-corrected chi connectivity index (χ1v) is 7.51. The van der Waals surface area contributed by atoms with E-state index in [1.165, 1.54) is 48.0 Å². The molecule has 1 aliphatic heterocycles. The third kappa shape index (κ3) is 1.93. The second-order valence-electron chi connectivity index (χ2n) is 5.76. The van der Waals surface area contributed by atoms with Gasteiger partial charge < -0.3 is 15.2 Å². The quantitative estimate of drug-likeness (QED) is 0.820. The molecule has 0 spiro atoms. The Labute approximate surface area is 114 Å². The molecular weight excluding hydrogens is 234 g/mol. The Hall–Kier alpha value is -1.48. The number of piperazine rings is 1. The molecule has 0 atom stereocenters. The molecule has 0 unspecified atom stereocenters. The van der Waals surface area contributed by atoms with Crippen LogP contribution in [0.1, 0.15) is 24.1 Å². The highest BCUT2D eigenvalue weighted by Crippen LogP contribution is 2.31. The fraction of sp³-hybridized carbons (Fsp3) is 0.500. The van der Waals surface area contributed by atoms with Crippen LogP contribution in [0.5, 0.6) is 0 Å². The molecule has 2 aromatic rings. The minimum atomic E-state index is 1.10. The molecule has 1 aromatic carbocycles. The Morgan fingerprint density at radius 1 is 1.00 bits per heavy atom. The lowest BCUT2D eigenvalue weighted by Gasteiger charge is -2.29. The van der Waals surface area contributed by atoms with Crippen LogP contribution in [0, 0.1) is 0 Å². The Kier molecular flexibility index (Phi) is 2.73. The number of H-pyrrole nitrogens is 1. The van der Waals surface area contributed by atoms with Gasteiger partial charge in [0, 0.05) is 48.5 Å². The summed E-state index contributed by atoms with van der Waals surface area (Å²) in [5.74, 6) is 0. The summed E-state index contributed by atoms with van der Waals surface area (Å²) in [5, 5.41) is 4.88. The standard InChI is InChI=1S/C16H21N3/c1-2-4-15-13(3-1)14-11-12(5-6-16(14)18-15)19-9-7-17-8-10-19/h5-6,11,17-18H,1-4,7-10H2. The molecule has 1 fully saturated rings. The number of fused-ring (bicyclic) bond motifs is 3. The number of aromatic nitrogens is 1. The second-order valence-corrected chi connectivity index (χ2v) is 5.76. The van der Waals surface area contributed by atoms with Crippen molar-refractivity contribution in [3.8, 4) is 0 Å². The number of nitrogens with zero attached hydrogens (tertiary/aromatic N) is 1. The topological polar surface area (TPSA) is 31.1 Å². The molecule has 2 heterocycles. The number of rotatable bonds is 1. The van der Waals surface area contributed by atoms with Crippen LogP contribution in [0.4, 0.5) is 5.69 Å².